The number of methoxy groups -OCH3 is 3. The van der Waals surface area contributed by atoms with Crippen molar-refractivity contribution in [2.24, 2.45) is 0 Å². The number of ether oxygens (including phenoxy) is 3. The molecular formula is C19H19N3O4S. The summed E-state index contributed by atoms with van der Waals surface area (Å²) in [5.74, 6) is 2.84. The molecule has 7 nitrogen and oxygen atoms in total. The van der Waals surface area contributed by atoms with E-state index in [1.807, 2.05) is 12.1 Å². The molecule has 2 aromatic carbocycles. The zero-order valence-corrected chi connectivity index (χ0v) is 16.0. The number of ketones is 1. The maximum Gasteiger partial charge on any atom is 0.209 e. The van der Waals surface area contributed by atoms with E-state index in [-0.39, 0.29) is 11.5 Å². The molecule has 0 saturated heterocycles. The summed E-state index contributed by atoms with van der Waals surface area (Å²) in [6.45, 7) is 0. The summed E-state index contributed by atoms with van der Waals surface area (Å²) in [7, 11) is 4.77. The molecule has 0 saturated carbocycles. The number of carbonyl (C=O) groups is 1. The normalized spacial score (nSPS) is 10.5. The summed E-state index contributed by atoms with van der Waals surface area (Å²) in [5, 5.41) is 7.55. The van der Waals surface area contributed by atoms with Crippen LogP contribution in [0, 0.1) is 0 Å². The third kappa shape index (κ3) is 4.59. The highest BCUT2D eigenvalue weighted by molar-refractivity contribution is 7.99. The maximum atomic E-state index is 12.3. The first-order valence-corrected chi connectivity index (χ1v) is 9.07. The molecule has 8 heteroatoms. The topological polar surface area (TPSA) is 86.3 Å². The van der Waals surface area contributed by atoms with Gasteiger partial charge in [0, 0.05) is 17.2 Å². The number of H-pyrrole nitrogens is 1. The largest absolute Gasteiger partial charge is 0.497 e. The first-order chi connectivity index (χ1) is 13.1. The van der Waals surface area contributed by atoms with Crippen LogP contribution in [0.5, 0.6) is 17.2 Å². The second-order valence-electron chi connectivity index (χ2n) is 5.51. The molecule has 0 aliphatic carbocycles. The first kappa shape index (κ1) is 18.8. The molecule has 1 aromatic heterocycles. The number of rotatable bonds is 8. The molecule has 3 aromatic rings. The summed E-state index contributed by atoms with van der Waals surface area (Å²) in [6.07, 6.45) is 0. The fourth-order valence-electron chi connectivity index (χ4n) is 2.37. The molecule has 1 heterocycles. The smallest absolute Gasteiger partial charge is 0.209 e. The van der Waals surface area contributed by atoms with Crippen LogP contribution < -0.4 is 14.2 Å². The molecule has 0 unspecified atom stereocenters. The summed E-state index contributed by atoms with van der Waals surface area (Å²) >= 11 is 1.27. The molecule has 0 spiro atoms. The molecular weight excluding hydrogens is 366 g/mol. The van der Waals surface area contributed by atoms with Gasteiger partial charge in [-0.2, -0.15) is 0 Å². The van der Waals surface area contributed by atoms with Crippen LogP contribution in [0.2, 0.25) is 0 Å². The van der Waals surface area contributed by atoms with Gasteiger partial charge in [-0.15, -0.1) is 5.10 Å². The van der Waals surface area contributed by atoms with Crippen molar-refractivity contribution >= 4 is 17.5 Å². The van der Waals surface area contributed by atoms with Crippen LogP contribution in [0.25, 0.3) is 11.4 Å². The minimum atomic E-state index is -0.00273. The zero-order chi connectivity index (χ0) is 19.2. The molecule has 0 aliphatic rings. The number of nitrogens with one attached hydrogen (secondary N) is 1. The second kappa shape index (κ2) is 8.59. The molecule has 0 radical (unpaired) electrons. The number of aromatic nitrogens is 3. The standard InChI is InChI=1S/C19H19N3O4S/c1-24-14-6-4-12(5-7-14)17(23)11-27-19-20-18(21-22-19)13-8-15(25-2)10-16(9-13)26-3/h4-10H,11H2,1-3H3,(H,20,21,22). The summed E-state index contributed by atoms with van der Waals surface area (Å²) in [6, 6.07) is 12.5. The lowest BCUT2D eigenvalue weighted by atomic mass is 10.1. The van der Waals surface area contributed by atoms with Gasteiger partial charge in [-0.3, -0.25) is 9.89 Å². The van der Waals surface area contributed by atoms with Crippen molar-refractivity contribution in [3.05, 3.63) is 48.0 Å². The van der Waals surface area contributed by atoms with Crippen LogP contribution in [0.15, 0.2) is 47.6 Å². The minimum Gasteiger partial charge on any atom is -0.497 e. The molecule has 27 heavy (non-hydrogen) atoms. The lowest BCUT2D eigenvalue weighted by molar-refractivity contribution is 0.102. The number of hydrogen-bond donors (Lipinski definition) is 1. The Morgan fingerprint density at radius 3 is 2.19 bits per heavy atom. The van der Waals surface area contributed by atoms with Gasteiger partial charge in [0.15, 0.2) is 11.6 Å². The van der Waals surface area contributed by atoms with Crippen LogP contribution in [-0.2, 0) is 0 Å². The van der Waals surface area contributed by atoms with E-state index in [0.717, 1.165) is 5.56 Å². The number of aromatic amines is 1. The number of thioether (sulfide) groups is 1. The zero-order valence-electron chi connectivity index (χ0n) is 15.2. The number of Topliss-reactive ketones (excluding diaryl/α,β-unsaturated/α-hetero) is 1. The van der Waals surface area contributed by atoms with Crippen molar-refractivity contribution in [2.75, 3.05) is 27.1 Å². The predicted molar refractivity (Wildman–Crippen MR) is 103 cm³/mol. The molecule has 3 rings (SSSR count). The van der Waals surface area contributed by atoms with Crippen LogP contribution in [0.4, 0.5) is 0 Å². The Kier molecular flexibility index (Phi) is 5.97. The third-order valence-electron chi connectivity index (χ3n) is 3.83. The van der Waals surface area contributed by atoms with Gasteiger partial charge in [-0.1, -0.05) is 11.8 Å². The van der Waals surface area contributed by atoms with E-state index in [1.54, 1.807) is 51.7 Å². The van der Waals surface area contributed by atoms with E-state index < -0.39 is 0 Å². The van der Waals surface area contributed by atoms with Crippen molar-refractivity contribution in [1.29, 1.82) is 0 Å². The Morgan fingerprint density at radius 2 is 1.59 bits per heavy atom. The van der Waals surface area contributed by atoms with Gasteiger partial charge in [0.25, 0.3) is 0 Å². The van der Waals surface area contributed by atoms with E-state index in [1.165, 1.54) is 11.8 Å². The molecule has 140 valence electrons. The quantitative estimate of drug-likeness (QED) is 0.469. The van der Waals surface area contributed by atoms with E-state index >= 15 is 0 Å². The Labute approximate surface area is 161 Å². The number of hydrogen-bond acceptors (Lipinski definition) is 7. The summed E-state index contributed by atoms with van der Waals surface area (Å²) in [5.41, 5.74) is 1.41. The van der Waals surface area contributed by atoms with E-state index in [9.17, 15) is 4.79 Å². The Morgan fingerprint density at radius 1 is 0.963 bits per heavy atom. The van der Waals surface area contributed by atoms with E-state index in [2.05, 4.69) is 15.2 Å². The van der Waals surface area contributed by atoms with Crippen molar-refractivity contribution in [3.8, 4) is 28.6 Å². The van der Waals surface area contributed by atoms with E-state index in [4.69, 9.17) is 14.2 Å². The fraction of sp³-hybridized carbons (Fsp3) is 0.211. The monoisotopic (exact) mass is 385 g/mol. The van der Waals surface area contributed by atoms with Crippen LogP contribution in [0.1, 0.15) is 10.4 Å². The molecule has 0 fully saturated rings. The fourth-order valence-corrected chi connectivity index (χ4v) is 3.07. The molecule has 0 atom stereocenters. The predicted octanol–water partition coefficient (Wildman–Crippen LogP) is 3.47. The molecule has 1 N–H and O–H groups in total. The van der Waals surface area contributed by atoms with Crippen LogP contribution in [0.3, 0.4) is 0 Å². The van der Waals surface area contributed by atoms with Crippen molar-refractivity contribution in [3.63, 3.8) is 0 Å². The molecule has 0 bridgehead atoms. The van der Waals surface area contributed by atoms with Gasteiger partial charge >= 0.3 is 0 Å². The highest BCUT2D eigenvalue weighted by Gasteiger charge is 2.12. The van der Waals surface area contributed by atoms with Gasteiger partial charge in [0.2, 0.25) is 5.16 Å². The second-order valence-corrected chi connectivity index (χ2v) is 6.45. The van der Waals surface area contributed by atoms with Gasteiger partial charge in [0.05, 0.1) is 27.1 Å². The average Bonchev–Trinajstić information content (AvgIpc) is 3.20. The number of carbonyl (C=O) groups excluding carboxylic acids is 1. The van der Waals surface area contributed by atoms with E-state index in [0.29, 0.717) is 33.8 Å². The number of nitrogens with zero attached hydrogens (tertiary/aromatic N) is 2. The van der Waals surface area contributed by atoms with Crippen molar-refractivity contribution < 1.29 is 19.0 Å². The third-order valence-corrected chi connectivity index (χ3v) is 4.68. The van der Waals surface area contributed by atoms with Crippen molar-refractivity contribution in [1.82, 2.24) is 15.2 Å². The lowest BCUT2D eigenvalue weighted by Crippen LogP contribution is -2.02. The van der Waals surface area contributed by atoms with Gasteiger partial charge in [-0.25, -0.2) is 4.98 Å². The first-order valence-electron chi connectivity index (χ1n) is 8.09. The van der Waals surface area contributed by atoms with Crippen molar-refractivity contribution in [2.45, 2.75) is 5.16 Å². The maximum absolute atomic E-state index is 12.3. The van der Waals surface area contributed by atoms with Crippen LogP contribution in [-0.4, -0.2) is 48.0 Å². The molecule has 0 amide bonds. The summed E-state index contributed by atoms with van der Waals surface area (Å²) in [4.78, 5) is 16.7. The van der Waals surface area contributed by atoms with Gasteiger partial charge < -0.3 is 14.2 Å². The highest BCUT2D eigenvalue weighted by atomic mass is 32.2. The van der Waals surface area contributed by atoms with Gasteiger partial charge in [-0.05, 0) is 36.4 Å². The van der Waals surface area contributed by atoms with Crippen LogP contribution >= 0.6 is 11.8 Å². The Bertz CT molecular complexity index is 903. The lowest BCUT2D eigenvalue weighted by Gasteiger charge is -2.06. The SMILES string of the molecule is COc1ccc(C(=O)CSc2n[nH]c(-c3cc(OC)cc(OC)c3)n2)cc1. The Balaban J connectivity index is 1.68. The Hall–Kier alpha value is -3.00. The highest BCUT2D eigenvalue weighted by Crippen LogP contribution is 2.28. The summed E-state index contributed by atoms with van der Waals surface area (Å²) < 4.78 is 15.6. The minimum absolute atomic E-state index is 0.00273. The molecule has 0 aliphatic heterocycles. The average molecular weight is 385 g/mol. The number of benzene rings is 2. The van der Waals surface area contributed by atoms with Gasteiger partial charge in [0.1, 0.15) is 17.2 Å².